The number of ether oxygens (including phenoxy) is 1. The highest BCUT2D eigenvalue weighted by Gasteiger charge is 2.23. The highest BCUT2D eigenvalue weighted by atomic mass is 79.9. The van der Waals surface area contributed by atoms with Crippen LogP contribution in [0.4, 0.5) is 0 Å². The van der Waals surface area contributed by atoms with E-state index in [-0.39, 0.29) is 0 Å². The lowest BCUT2D eigenvalue weighted by atomic mass is 9.95. The quantitative estimate of drug-likeness (QED) is 0.894. The number of nitrogens with one attached hydrogen (secondary N) is 1. The molecule has 0 aliphatic carbocycles. The van der Waals surface area contributed by atoms with E-state index in [2.05, 4.69) is 48.1 Å². The third-order valence-corrected chi connectivity index (χ3v) is 4.61. The third kappa shape index (κ3) is 2.50. The molecule has 94 valence electrons. The monoisotopic (exact) mass is 297 g/mol. The molecule has 3 heteroatoms. The van der Waals surface area contributed by atoms with Crippen molar-refractivity contribution in [3.63, 3.8) is 0 Å². The molecule has 2 rings (SSSR count). The largest absolute Gasteiger partial charge is 0.493 e. The van der Waals surface area contributed by atoms with Gasteiger partial charge in [-0.05, 0) is 50.4 Å². The van der Waals surface area contributed by atoms with Gasteiger partial charge in [0.05, 0.1) is 6.61 Å². The molecule has 0 aromatic heterocycles. The Balaban J connectivity index is 2.51. The first-order valence-corrected chi connectivity index (χ1v) is 7.10. The van der Waals surface area contributed by atoms with Gasteiger partial charge in [-0.1, -0.05) is 22.9 Å². The Morgan fingerprint density at radius 3 is 2.94 bits per heavy atom. The predicted octanol–water partition coefficient (Wildman–Crippen LogP) is 3.89. The molecular weight excluding hydrogens is 278 g/mol. The molecule has 1 heterocycles. The van der Waals surface area contributed by atoms with E-state index in [9.17, 15) is 0 Å². The number of hydrogen-bond donors (Lipinski definition) is 1. The minimum Gasteiger partial charge on any atom is -0.493 e. The molecule has 0 bridgehead atoms. The molecule has 0 amide bonds. The van der Waals surface area contributed by atoms with Crippen LogP contribution in [0, 0.1) is 13.8 Å². The average molecular weight is 298 g/mol. The van der Waals surface area contributed by atoms with Crippen molar-refractivity contribution in [1.29, 1.82) is 0 Å². The van der Waals surface area contributed by atoms with Crippen molar-refractivity contribution in [1.82, 2.24) is 5.32 Å². The molecule has 0 saturated heterocycles. The van der Waals surface area contributed by atoms with Crippen LogP contribution in [0.1, 0.15) is 42.5 Å². The predicted molar refractivity (Wildman–Crippen MR) is 74.8 cm³/mol. The van der Waals surface area contributed by atoms with Crippen molar-refractivity contribution in [3.8, 4) is 5.75 Å². The van der Waals surface area contributed by atoms with E-state index in [4.69, 9.17) is 4.74 Å². The second-order valence-corrected chi connectivity index (χ2v) is 5.44. The van der Waals surface area contributed by atoms with Crippen LogP contribution in [0.15, 0.2) is 10.5 Å². The van der Waals surface area contributed by atoms with Gasteiger partial charge in [-0.2, -0.15) is 0 Å². The number of aryl methyl sites for hydroxylation is 1. The molecular formula is C14H20BrNO. The van der Waals surface area contributed by atoms with Crippen LogP contribution >= 0.6 is 15.9 Å². The van der Waals surface area contributed by atoms with Gasteiger partial charge in [0.15, 0.2) is 0 Å². The van der Waals surface area contributed by atoms with E-state index in [0.717, 1.165) is 31.7 Å². The van der Waals surface area contributed by atoms with E-state index >= 15 is 0 Å². The minimum absolute atomic E-state index is 0.425. The second kappa shape index (κ2) is 5.40. The second-order valence-electron chi connectivity index (χ2n) is 4.65. The van der Waals surface area contributed by atoms with Gasteiger partial charge in [-0.25, -0.2) is 0 Å². The van der Waals surface area contributed by atoms with Crippen LogP contribution in [0.3, 0.4) is 0 Å². The summed E-state index contributed by atoms with van der Waals surface area (Å²) >= 11 is 3.68. The third-order valence-electron chi connectivity index (χ3n) is 3.39. The summed E-state index contributed by atoms with van der Waals surface area (Å²) in [5.41, 5.74) is 3.90. The van der Waals surface area contributed by atoms with Crippen molar-refractivity contribution in [2.45, 2.75) is 39.7 Å². The summed E-state index contributed by atoms with van der Waals surface area (Å²) in [5, 5.41) is 3.57. The maximum Gasteiger partial charge on any atom is 0.124 e. The molecule has 1 aromatic carbocycles. The van der Waals surface area contributed by atoms with Crippen molar-refractivity contribution >= 4 is 15.9 Å². The molecule has 0 spiro atoms. The lowest BCUT2D eigenvalue weighted by molar-refractivity contribution is 0.315. The molecule has 0 saturated carbocycles. The SMILES string of the molecule is CCNC1CCCOc2cc(C)c(Br)c(C)c21. The van der Waals surface area contributed by atoms with Crippen LogP contribution < -0.4 is 10.1 Å². The van der Waals surface area contributed by atoms with Crippen molar-refractivity contribution in [3.05, 3.63) is 27.2 Å². The van der Waals surface area contributed by atoms with Crippen LogP contribution in [-0.2, 0) is 0 Å². The Bertz CT molecular complexity index is 417. The fourth-order valence-electron chi connectivity index (χ4n) is 2.55. The molecule has 1 aliphatic heterocycles. The Hall–Kier alpha value is -0.540. The maximum atomic E-state index is 5.88. The van der Waals surface area contributed by atoms with Crippen molar-refractivity contribution in [2.24, 2.45) is 0 Å². The van der Waals surface area contributed by atoms with Crippen LogP contribution in [-0.4, -0.2) is 13.2 Å². The first-order chi connectivity index (χ1) is 8.15. The maximum absolute atomic E-state index is 5.88. The van der Waals surface area contributed by atoms with Gasteiger partial charge in [-0.15, -0.1) is 0 Å². The summed E-state index contributed by atoms with van der Waals surface area (Å²) in [6.45, 7) is 8.28. The number of benzene rings is 1. The zero-order valence-corrected chi connectivity index (χ0v) is 12.4. The number of rotatable bonds is 2. The number of fused-ring (bicyclic) bond motifs is 1. The summed E-state index contributed by atoms with van der Waals surface area (Å²) in [7, 11) is 0. The van der Waals surface area contributed by atoms with E-state index in [1.165, 1.54) is 21.2 Å². The smallest absolute Gasteiger partial charge is 0.124 e. The zero-order valence-electron chi connectivity index (χ0n) is 10.8. The van der Waals surface area contributed by atoms with E-state index in [1.54, 1.807) is 0 Å². The fourth-order valence-corrected chi connectivity index (χ4v) is 2.88. The first-order valence-electron chi connectivity index (χ1n) is 6.31. The summed E-state index contributed by atoms with van der Waals surface area (Å²) in [5.74, 6) is 1.06. The van der Waals surface area contributed by atoms with E-state index < -0.39 is 0 Å². The summed E-state index contributed by atoms with van der Waals surface area (Å²) < 4.78 is 7.09. The van der Waals surface area contributed by atoms with Crippen molar-refractivity contribution in [2.75, 3.05) is 13.2 Å². The van der Waals surface area contributed by atoms with Gasteiger partial charge < -0.3 is 10.1 Å². The molecule has 1 aromatic rings. The molecule has 1 unspecified atom stereocenters. The summed E-state index contributed by atoms with van der Waals surface area (Å²) in [6, 6.07) is 2.58. The highest BCUT2D eigenvalue weighted by Crippen LogP contribution is 2.39. The van der Waals surface area contributed by atoms with Gasteiger partial charge in [0.1, 0.15) is 5.75 Å². The van der Waals surface area contributed by atoms with E-state index in [0.29, 0.717) is 6.04 Å². The molecule has 1 atom stereocenters. The molecule has 17 heavy (non-hydrogen) atoms. The minimum atomic E-state index is 0.425. The van der Waals surface area contributed by atoms with Crippen LogP contribution in [0.2, 0.25) is 0 Å². The molecule has 0 radical (unpaired) electrons. The van der Waals surface area contributed by atoms with Gasteiger partial charge >= 0.3 is 0 Å². The lowest BCUT2D eigenvalue weighted by Crippen LogP contribution is -2.21. The molecule has 0 fully saturated rings. The summed E-state index contributed by atoms with van der Waals surface area (Å²) in [4.78, 5) is 0. The number of hydrogen-bond acceptors (Lipinski definition) is 2. The standard InChI is InChI=1S/C14H20BrNO/c1-4-16-11-6-5-7-17-12-8-9(2)14(15)10(3)13(11)12/h8,11,16H,4-7H2,1-3H3. The van der Waals surface area contributed by atoms with Gasteiger partial charge in [0, 0.05) is 16.1 Å². The van der Waals surface area contributed by atoms with Crippen LogP contribution in [0.5, 0.6) is 5.75 Å². The lowest BCUT2D eigenvalue weighted by Gasteiger charge is -2.21. The normalized spacial score (nSPS) is 19.4. The Labute approximate surface area is 112 Å². The zero-order chi connectivity index (χ0) is 12.4. The Morgan fingerprint density at radius 1 is 1.47 bits per heavy atom. The van der Waals surface area contributed by atoms with Crippen molar-refractivity contribution < 1.29 is 4.74 Å². The molecule has 2 nitrogen and oxygen atoms in total. The average Bonchev–Trinajstić information content (AvgIpc) is 2.49. The Morgan fingerprint density at radius 2 is 2.24 bits per heavy atom. The Kier molecular flexibility index (Phi) is 4.10. The van der Waals surface area contributed by atoms with E-state index in [1.807, 2.05) is 0 Å². The van der Waals surface area contributed by atoms with Crippen LogP contribution in [0.25, 0.3) is 0 Å². The van der Waals surface area contributed by atoms with Gasteiger partial charge in [0.2, 0.25) is 0 Å². The van der Waals surface area contributed by atoms with Gasteiger partial charge in [0.25, 0.3) is 0 Å². The van der Waals surface area contributed by atoms with Gasteiger partial charge in [-0.3, -0.25) is 0 Å². The first kappa shape index (κ1) is 12.9. The molecule has 1 N–H and O–H groups in total. The topological polar surface area (TPSA) is 21.3 Å². The molecule has 1 aliphatic rings. The number of halogens is 1. The summed E-state index contributed by atoms with van der Waals surface area (Å²) in [6.07, 6.45) is 2.26. The fraction of sp³-hybridized carbons (Fsp3) is 0.571. The highest BCUT2D eigenvalue weighted by molar-refractivity contribution is 9.10.